The Bertz CT molecular complexity index is 511. The summed E-state index contributed by atoms with van der Waals surface area (Å²) < 4.78 is 8.09. The van der Waals surface area contributed by atoms with E-state index >= 15 is 0 Å². The van der Waals surface area contributed by atoms with Gasteiger partial charge in [0.1, 0.15) is 5.54 Å². The molecule has 0 bridgehead atoms. The van der Waals surface area contributed by atoms with E-state index in [4.69, 9.17) is 4.74 Å². The van der Waals surface area contributed by atoms with Crippen LogP contribution >= 0.6 is 15.9 Å². The molecule has 1 fully saturated rings. The molecule has 1 atom stereocenters. The maximum Gasteiger partial charge on any atom is 0.327 e. The Morgan fingerprint density at radius 2 is 2.20 bits per heavy atom. The molecule has 0 aromatic carbocycles. The molecule has 0 amide bonds. The highest BCUT2D eigenvalue weighted by molar-refractivity contribution is 9.10. The fourth-order valence-electron chi connectivity index (χ4n) is 2.27. The number of nitrogens with one attached hydrogen (secondary N) is 1. The quantitative estimate of drug-likeness (QED) is 0.805. The number of ether oxygens (including phenoxy) is 1. The van der Waals surface area contributed by atoms with E-state index in [1.807, 2.05) is 32.4 Å². The van der Waals surface area contributed by atoms with Crippen LogP contribution in [0.1, 0.15) is 38.1 Å². The molecule has 2 rings (SSSR count). The molecule has 1 aliphatic rings. The average Bonchev–Trinajstić information content (AvgIpc) is 3.16. The van der Waals surface area contributed by atoms with Gasteiger partial charge in [0.05, 0.1) is 23.3 Å². The molecule has 0 saturated heterocycles. The highest BCUT2D eigenvalue weighted by atomic mass is 79.9. The molecule has 6 heteroatoms. The van der Waals surface area contributed by atoms with Crippen LogP contribution in [0.5, 0.6) is 0 Å². The first-order chi connectivity index (χ1) is 9.37. The Morgan fingerprint density at radius 1 is 1.55 bits per heavy atom. The number of nitrogens with zero attached hydrogens (tertiary/aromatic N) is 2. The van der Waals surface area contributed by atoms with Crippen LogP contribution < -0.4 is 5.32 Å². The predicted octanol–water partition coefficient (Wildman–Crippen LogP) is 2.34. The molecule has 1 saturated carbocycles. The van der Waals surface area contributed by atoms with Crippen molar-refractivity contribution < 1.29 is 9.53 Å². The van der Waals surface area contributed by atoms with E-state index in [-0.39, 0.29) is 5.97 Å². The van der Waals surface area contributed by atoms with E-state index in [0.29, 0.717) is 19.2 Å². The standard InChI is InChI=1S/C14H22BrN3O2/c1-5-20-13(19)14(4,16-11-6-7-11)8-18-10(3)12(15)9(2)17-18/h11,16H,5-8H2,1-4H3. The monoisotopic (exact) mass is 343 g/mol. The van der Waals surface area contributed by atoms with Crippen LogP contribution in [-0.2, 0) is 16.1 Å². The zero-order valence-electron chi connectivity index (χ0n) is 12.5. The third kappa shape index (κ3) is 3.23. The summed E-state index contributed by atoms with van der Waals surface area (Å²) in [5.41, 5.74) is 1.22. The first kappa shape index (κ1) is 15.5. The highest BCUT2D eigenvalue weighted by Gasteiger charge is 2.40. The van der Waals surface area contributed by atoms with Gasteiger partial charge in [-0.2, -0.15) is 5.10 Å². The maximum absolute atomic E-state index is 12.3. The number of aromatic nitrogens is 2. The van der Waals surface area contributed by atoms with Gasteiger partial charge in [-0.25, -0.2) is 4.79 Å². The summed E-state index contributed by atoms with van der Waals surface area (Å²) in [5.74, 6) is -0.212. The van der Waals surface area contributed by atoms with Crippen molar-refractivity contribution in [3.63, 3.8) is 0 Å². The molecule has 1 heterocycles. The molecule has 1 aromatic rings. The summed E-state index contributed by atoms with van der Waals surface area (Å²) in [4.78, 5) is 12.3. The molecule has 0 aliphatic heterocycles. The zero-order chi connectivity index (χ0) is 14.9. The smallest absolute Gasteiger partial charge is 0.327 e. The Hall–Kier alpha value is -0.880. The molecule has 1 N–H and O–H groups in total. The van der Waals surface area contributed by atoms with Crippen molar-refractivity contribution in [3.05, 3.63) is 15.9 Å². The van der Waals surface area contributed by atoms with Crippen LogP contribution in [0.25, 0.3) is 0 Å². The van der Waals surface area contributed by atoms with E-state index in [0.717, 1.165) is 28.7 Å². The van der Waals surface area contributed by atoms with Gasteiger partial charge in [-0.05, 0) is 56.5 Å². The summed E-state index contributed by atoms with van der Waals surface area (Å²) in [6, 6.07) is 0.421. The Morgan fingerprint density at radius 3 is 2.65 bits per heavy atom. The van der Waals surface area contributed by atoms with Gasteiger partial charge in [-0.15, -0.1) is 0 Å². The highest BCUT2D eigenvalue weighted by Crippen LogP contribution is 2.26. The van der Waals surface area contributed by atoms with Crippen molar-refractivity contribution in [1.29, 1.82) is 0 Å². The van der Waals surface area contributed by atoms with E-state index in [1.54, 1.807) is 0 Å². The molecule has 112 valence electrons. The number of esters is 1. The van der Waals surface area contributed by atoms with Gasteiger partial charge in [0.2, 0.25) is 0 Å². The van der Waals surface area contributed by atoms with Crippen LogP contribution in [0, 0.1) is 13.8 Å². The number of hydrogen-bond acceptors (Lipinski definition) is 4. The summed E-state index contributed by atoms with van der Waals surface area (Å²) in [6.07, 6.45) is 2.24. The van der Waals surface area contributed by atoms with Gasteiger partial charge in [-0.1, -0.05) is 0 Å². The van der Waals surface area contributed by atoms with Crippen molar-refractivity contribution >= 4 is 21.9 Å². The van der Waals surface area contributed by atoms with Gasteiger partial charge >= 0.3 is 5.97 Å². The second-order valence-corrected chi connectivity index (χ2v) is 6.41. The lowest BCUT2D eigenvalue weighted by molar-refractivity contribution is -0.151. The minimum atomic E-state index is -0.736. The second-order valence-electron chi connectivity index (χ2n) is 5.61. The predicted molar refractivity (Wildman–Crippen MR) is 80.6 cm³/mol. The lowest BCUT2D eigenvalue weighted by Gasteiger charge is -2.29. The van der Waals surface area contributed by atoms with E-state index in [2.05, 4.69) is 26.3 Å². The van der Waals surface area contributed by atoms with Gasteiger partial charge in [0, 0.05) is 11.7 Å². The molecule has 1 aliphatic carbocycles. The molecule has 20 heavy (non-hydrogen) atoms. The molecule has 1 unspecified atom stereocenters. The first-order valence-corrected chi connectivity index (χ1v) is 7.81. The van der Waals surface area contributed by atoms with E-state index in [1.165, 1.54) is 0 Å². The van der Waals surface area contributed by atoms with Gasteiger partial charge in [0.25, 0.3) is 0 Å². The summed E-state index contributed by atoms with van der Waals surface area (Å²) in [7, 11) is 0. The topological polar surface area (TPSA) is 56.2 Å². The second kappa shape index (κ2) is 5.85. The van der Waals surface area contributed by atoms with Crippen molar-refractivity contribution in [3.8, 4) is 0 Å². The Kier molecular flexibility index (Phi) is 4.54. The first-order valence-electron chi connectivity index (χ1n) is 7.02. The summed E-state index contributed by atoms with van der Waals surface area (Å²) >= 11 is 3.52. The Balaban J connectivity index is 2.22. The maximum atomic E-state index is 12.3. The third-order valence-corrected chi connectivity index (χ3v) is 4.73. The summed E-state index contributed by atoms with van der Waals surface area (Å²) in [6.45, 7) is 8.53. The largest absolute Gasteiger partial charge is 0.465 e. The summed E-state index contributed by atoms with van der Waals surface area (Å²) in [5, 5.41) is 7.89. The molecule has 0 spiro atoms. The lowest BCUT2D eigenvalue weighted by atomic mass is 10.0. The number of carbonyl (C=O) groups is 1. The number of aryl methyl sites for hydroxylation is 1. The van der Waals surface area contributed by atoms with Crippen molar-refractivity contribution in [2.24, 2.45) is 0 Å². The van der Waals surface area contributed by atoms with E-state index in [9.17, 15) is 4.79 Å². The SMILES string of the molecule is CCOC(=O)C(C)(Cn1nc(C)c(Br)c1C)NC1CC1. The average molecular weight is 344 g/mol. The van der Waals surface area contributed by atoms with Crippen LogP contribution in [0.3, 0.4) is 0 Å². The van der Waals surface area contributed by atoms with Crippen LogP contribution in [-0.4, -0.2) is 33.9 Å². The normalized spacial score (nSPS) is 17.9. The molecular weight excluding hydrogens is 322 g/mol. The minimum absolute atomic E-state index is 0.212. The minimum Gasteiger partial charge on any atom is -0.465 e. The zero-order valence-corrected chi connectivity index (χ0v) is 14.1. The molecule has 5 nitrogen and oxygen atoms in total. The lowest BCUT2D eigenvalue weighted by Crippen LogP contribution is -2.54. The van der Waals surface area contributed by atoms with Crippen LogP contribution in [0.4, 0.5) is 0 Å². The fourth-order valence-corrected chi connectivity index (χ4v) is 2.55. The molecule has 1 aromatic heterocycles. The van der Waals surface area contributed by atoms with E-state index < -0.39 is 5.54 Å². The van der Waals surface area contributed by atoms with Crippen molar-refractivity contribution in [2.75, 3.05) is 6.61 Å². The van der Waals surface area contributed by atoms with Crippen LogP contribution in [0.15, 0.2) is 4.47 Å². The number of hydrogen-bond donors (Lipinski definition) is 1. The number of carbonyl (C=O) groups excluding carboxylic acids is 1. The molecular formula is C14H22BrN3O2. The molecule has 0 radical (unpaired) electrons. The van der Waals surface area contributed by atoms with Gasteiger partial charge in [-0.3, -0.25) is 10.00 Å². The fraction of sp³-hybridized carbons (Fsp3) is 0.714. The van der Waals surface area contributed by atoms with Crippen molar-refractivity contribution in [2.45, 2.75) is 58.7 Å². The van der Waals surface area contributed by atoms with Crippen molar-refractivity contribution in [1.82, 2.24) is 15.1 Å². The van der Waals surface area contributed by atoms with Gasteiger partial charge < -0.3 is 4.74 Å². The number of rotatable bonds is 6. The van der Waals surface area contributed by atoms with Gasteiger partial charge in [0.15, 0.2) is 0 Å². The van der Waals surface area contributed by atoms with Crippen LogP contribution in [0.2, 0.25) is 0 Å². The Labute approximate surface area is 128 Å². The number of halogens is 1. The third-order valence-electron chi connectivity index (χ3n) is 3.59.